The van der Waals surface area contributed by atoms with Gasteiger partial charge >= 0.3 is 5.97 Å². The molecule has 1 aromatic rings. The predicted molar refractivity (Wildman–Crippen MR) is 55.9 cm³/mol. The van der Waals surface area contributed by atoms with E-state index in [1.807, 2.05) is 13.0 Å². The van der Waals surface area contributed by atoms with Crippen molar-refractivity contribution >= 4 is 17.3 Å². The summed E-state index contributed by atoms with van der Waals surface area (Å²) in [5.41, 5.74) is 0. The highest BCUT2D eigenvalue weighted by atomic mass is 32.1. The second-order valence-electron chi connectivity index (χ2n) is 2.70. The van der Waals surface area contributed by atoms with Crippen LogP contribution in [0.5, 0.6) is 0 Å². The van der Waals surface area contributed by atoms with Gasteiger partial charge in [0, 0.05) is 17.9 Å². The number of rotatable bonds is 5. The fourth-order valence-electron chi connectivity index (χ4n) is 1.04. The van der Waals surface area contributed by atoms with Crippen molar-refractivity contribution in [2.75, 3.05) is 20.3 Å². The first-order valence-electron chi connectivity index (χ1n) is 4.52. The van der Waals surface area contributed by atoms with Crippen LogP contribution in [0.1, 0.15) is 21.5 Å². The minimum atomic E-state index is -0.266. The van der Waals surface area contributed by atoms with Gasteiger partial charge in [0.15, 0.2) is 0 Å². The Kier molecular flexibility index (Phi) is 4.62. The molecule has 0 radical (unpaired) electrons. The van der Waals surface area contributed by atoms with E-state index in [9.17, 15) is 4.79 Å². The van der Waals surface area contributed by atoms with Gasteiger partial charge in [-0.2, -0.15) is 0 Å². The van der Waals surface area contributed by atoms with E-state index < -0.39 is 0 Å². The SMILES string of the molecule is CCOCCc1ccc(C(=O)OC)s1. The number of esters is 1. The highest BCUT2D eigenvalue weighted by Gasteiger charge is 2.08. The van der Waals surface area contributed by atoms with Crippen molar-refractivity contribution in [1.29, 1.82) is 0 Å². The monoisotopic (exact) mass is 214 g/mol. The summed E-state index contributed by atoms with van der Waals surface area (Å²) in [5, 5.41) is 0. The fraction of sp³-hybridized carbons (Fsp3) is 0.500. The molecule has 0 aliphatic rings. The van der Waals surface area contributed by atoms with Gasteiger partial charge in [0.1, 0.15) is 4.88 Å². The molecule has 0 amide bonds. The molecule has 0 atom stereocenters. The van der Waals surface area contributed by atoms with Gasteiger partial charge in [0.25, 0.3) is 0 Å². The van der Waals surface area contributed by atoms with E-state index in [1.54, 1.807) is 6.07 Å². The molecule has 1 heterocycles. The smallest absolute Gasteiger partial charge is 0.348 e. The van der Waals surface area contributed by atoms with Crippen LogP contribution in [-0.2, 0) is 15.9 Å². The van der Waals surface area contributed by atoms with Crippen LogP contribution in [0.3, 0.4) is 0 Å². The van der Waals surface area contributed by atoms with Gasteiger partial charge < -0.3 is 9.47 Å². The Hall–Kier alpha value is -0.870. The van der Waals surface area contributed by atoms with E-state index in [0.29, 0.717) is 11.5 Å². The molecule has 1 aromatic heterocycles. The lowest BCUT2D eigenvalue weighted by Crippen LogP contribution is -1.97. The van der Waals surface area contributed by atoms with Crippen molar-refractivity contribution in [2.24, 2.45) is 0 Å². The van der Waals surface area contributed by atoms with E-state index >= 15 is 0 Å². The molecule has 0 aliphatic heterocycles. The van der Waals surface area contributed by atoms with E-state index in [4.69, 9.17) is 4.74 Å². The summed E-state index contributed by atoms with van der Waals surface area (Å²) in [4.78, 5) is 12.9. The minimum Gasteiger partial charge on any atom is -0.465 e. The Labute approximate surface area is 87.7 Å². The Morgan fingerprint density at radius 2 is 2.29 bits per heavy atom. The Balaban J connectivity index is 2.46. The topological polar surface area (TPSA) is 35.5 Å². The first kappa shape index (κ1) is 11.2. The molecule has 14 heavy (non-hydrogen) atoms. The maximum absolute atomic E-state index is 11.1. The molecule has 1 rings (SSSR count). The van der Waals surface area contributed by atoms with Crippen LogP contribution in [0.4, 0.5) is 0 Å². The Morgan fingerprint density at radius 1 is 1.50 bits per heavy atom. The van der Waals surface area contributed by atoms with Gasteiger partial charge in [-0.25, -0.2) is 4.79 Å². The average Bonchev–Trinajstić information content (AvgIpc) is 2.66. The molecule has 0 saturated heterocycles. The summed E-state index contributed by atoms with van der Waals surface area (Å²) in [6.45, 7) is 3.40. The molecular weight excluding hydrogens is 200 g/mol. The normalized spacial score (nSPS) is 10.1. The second-order valence-corrected chi connectivity index (χ2v) is 3.87. The van der Waals surface area contributed by atoms with E-state index in [2.05, 4.69) is 4.74 Å². The van der Waals surface area contributed by atoms with Crippen LogP contribution in [0.15, 0.2) is 12.1 Å². The Bertz CT molecular complexity index is 293. The van der Waals surface area contributed by atoms with Gasteiger partial charge in [0.2, 0.25) is 0 Å². The molecule has 4 heteroatoms. The maximum atomic E-state index is 11.1. The third-order valence-corrected chi connectivity index (χ3v) is 2.87. The lowest BCUT2D eigenvalue weighted by Gasteiger charge is -1.97. The van der Waals surface area contributed by atoms with Crippen molar-refractivity contribution in [1.82, 2.24) is 0 Å². The number of carbonyl (C=O) groups excluding carboxylic acids is 1. The first-order valence-corrected chi connectivity index (χ1v) is 5.34. The zero-order valence-electron chi connectivity index (χ0n) is 8.41. The molecule has 0 saturated carbocycles. The number of methoxy groups -OCH3 is 1. The van der Waals surface area contributed by atoms with Crippen molar-refractivity contribution < 1.29 is 14.3 Å². The predicted octanol–water partition coefficient (Wildman–Crippen LogP) is 2.11. The number of hydrogen-bond acceptors (Lipinski definition) is 4. The quantitative estimate of drug-likeness (QED) is 0.556. The van der Waals surface area contributed by atoms with Gasteiger partial charge in [-0.15, -0.1) is 11.3 Å². The molecule has 78 valence electrons. The molecule has 0 unspecified atom stereocenters. The molecule has 0 N–H and O–H groups in total. The number of thiophene rings is 1. The largest absolute Gasteiger partial charge is 0.465 e. The minimum absolute atomic E-state index is 0.266. The van der Waals surface area contributed by atoms with Gasteiger partial charge in [-0.05, 0) is 19.1 Å². The third kappa shape index (κ3) is 3.12. The van der Waals surface area contributed by atoms with Gasteiger partial charge in [-0.1, -0.05) is 0 Å². The van der Waals surface area contributed by atoms with Crippen LogP contribution < -0.4 is 0 Å². The second kappa shape index (κ2) is 5.78. The van der Waals surface area contributed by atoms with Crippen molar-refractivity contribution in [3.05, 3.63) is 21.9 Å². The average molecular weight is 214 g/mol. The first-order chi connectivity index (χ1) is 6.77. The summed E-state index contributed by atoms with van der Waals surface area (Å²) >= 11 is 1.46. The summed E-state index contributed by atoms with van der Waals surface area (Å²) in [6, 6.07) is 3.73. The third-order valence-electron chi connectivity index (χ3n) is 1.75. The maximum Gasteiger partial charge on any atom is 0.348 e. The van der Waals surface area contributed by atoms with E-state index in [-0.39, 0.29) is 5.97 Å². The lowest BCUT2D eigenvalue weighted by molar-refractivity contribution is 0.0606. The van der Waals surface area contributed by atoms with Crippen molar-refractivity contribution in [3.63, 3.8) is 0 Å². The van der Waals surface area contributed by atoms with Crippen LogP contribution in [0, 0.1) is 0 Å². The number of ether oxygens (including phenoxy) is 2. The molecule has 3 nitrogen and oxygen atoms in total. The zero-order valence-corrected chi connectivity index (χ0v) is 9.23. The highest BCUT2D eigenvalue weighted by Crippen LogP contribution is 2.17. The molecular formula is C10H14O3S. The molecule has 0 spiro atoms. The van der Waals surface area contributed by atoms with Gasteiger partial charge in [0.05, 0.1) is 13.7 Å². The van der Waals surface area contributed by atoms with Crippen LogP contribution in [-0.4, -0.2) is 26.3 Å². The summed E-state index contributed by atoms with van der Waals surface area (Å²) in [6.07, 6.45) is 0.857. The highest BCUT2D eigenvalue weighted by molar-refractivity contribution is 7.13. The summed E-state index contributed by atoms with van der Waals surface area (Å²) < 4.78 is 9.84. The van der Waals surface area contributed by atoms with Crippen molar-refractivity contribution in [3.8, 4) is 0 Å². The number of carbonyl (C=O) groups is 1. The molecule has 0 bridgehead atoms. The lowest BCUT2D eigenvalue weighted by atomic mass is 10.3. The van der Waals surface area contributed by atoms with Crippen molar-refractivity contribution in [2.45, 2.75) is 13.3 Å². The summed E-state index contributed by atoms with van der Waals surface area (Å²) in [7, 11) is 1.39. The standard InChI is InChI=1S/C10H14O3S/c1-3-13-7-6-8-4-5-9(14-8)10(11)12-2/h4-5H,3,6-7H2,1-2H3. The van der Waals surface area contributed by atoms with E-state index in [1.165, 1.54) is 18.4 Å². The molecule has 0 fully saturated rings. The van der Waals surface area contributed by atoms with Crippen LogP contribution >= 0.6 is 11.3 Å². The zero-order chi connectivity index (χ0) is 10.4. The van der Waals surface area contributed by atoms with Gasteiger partial charge in [-0.3, -0.25) is 0 Å². The van der Waals surface area contributed by atoms with Crippen LogP contribution in [0.25, 0.3) is 0 Å². The van der Waals surface area contributed by atoms with Crippen LogP contribution in [0.2, 0.25) is 0 Å². The number of hydrogen-bond donors (Lipinski definition) is 0. The van der Waals surface area contributed by atoms with E-state index in [0.717, 1.165) is 17.9 Å². The Morgan fingerprint density at radius 3 is 2.93 bits per heavy atom. The molecule has 0 aliphatic carbocycles. The fourth-order valence-corrected chi connectivity index (χ4v) is 1.95. The molecule has 0 aromatic carbocycles. The summed E-state index contributed by atoms with van der Waals surface area (Å²) in [5.74, 6) is -0.266.